The number of ether oxygens (including phenoxy) is 3. The highest BCUT2D eigenvalue weighted by Gasteiger charge is 2.41. The van der Waals surface area contributed by atoms with Crippen LogP contribution in [0.3, 0.4) is 0 Å². The minimum atomic E-state index is -1.03. The first-order valence-corrected chi connectivity index (χ1v) is 9.56. The van der Waals surface area contributed by atoms with Crippen molar-refractivity contribution in [3.8, 4) is 16.9 Å². The van der Waals surface area contributed by atoms with Crippen LogP contribution in [-0.2, 0) is 19.1 Å². The molecule has 0 saturated carbocycles. The second kappa shape index (κ2) is 8.39. The Balaban J connectivity index is 2.12. The highest BCUT2D eigenvalue weighted by molar-refractivity contribution is 6.00. The van der Waals surface area contributed by atoms with Crippen LogP contribution in [0, 0.1) is 0 Å². The van der Waals surface area contributed by atoms with Gasteiger partial charge >= 0.3 is 11.9 Å². The summed E-state index contributed by atoms with van der Waals surface area (Å²) in [7, 11) is 0. The summed E-state index contributed by atoms with van der Waals surface area (Å²) in [5, 5.41) is 0. The van der Waals surface area contributed by atoms with Gasteiger partial charge in [0.1, 0.15) is 17.2 Å². The van der Waals surface area contributed by atoms with E-state index in [1.54, 1.807) is 33.8 Å². The molecule has 2 N–H and O–H groups in total. The maximum atomic E-state index is 13.0. The van der Waals surface area contributed by atoms with Gasteiger partial charge < -0.3 is 19.9 Å². The number of fused-ring (bicyclic) bond motifs is 1. The number of rotatable bonds is 5. The predicted molar refractivity (Wildman–Crippen MR) is 109 cm³/mol. The minimum absolute atomic E-state index is 0.0398. The Bertz CT molecular complexity index is 947. The van der Waals surface area contributed by atoms with Crippen molar-refractivity contribution in [1.29, 1.82) is 0 Å². The maximum absolute atomic E-state index is 13.0. The number of esters is 2. The monoisotopic (exact) mass is 395 g/mol. The molecule has 0 amide bonds. The van der Waals surface area contributed by atoms with Crippen molar-refractivity contribution in [1.82, 2.24) is 0 Å². The van der Waals surface area contributed by atoms with E-state index in [2.05, 4.69) is 0 Å². The summed E-state index contributed by atoms with van der Waals surface area (Å²) in [6.07, 6.45) is -0.726. The first-order valence-electron chi connectivity index (χ1n) is 9.56. The van der Waals surface area contributed by atoms with Crippen LogP contribution in [0.5, 0.6) is 5.75 Å². The molecule has 6 nitrogen and oxygen atoms in total. The Hall–Kier alpha value is -3.28. The molecule has 1 heterocycles. The highest BCUT2D eigenvalue weighted by Crippen LogP contribution is 2.41. The van der Waals surface area contributed by atoms with Crippen molar-refractivity contribution in [3.63, 3.8) is 0 Å². The lowest BCUT2D eigenvalue weighted by molar-refractivity contribution is -0.152. The molecular formula is C23H25NO5. The van der Waals surface area contributed by atoms with Crippen molar-refractivity contribution in [2.75, 3.05) is 0 Å². The smallest absolute Gasteiger partial charge is 0.340 e. The maximum Gasteiger partial charge on any atom is 0.340 e. The summed E-state index contributed by atoms with van der Waals surface area (Å²) < 4.78 is 16.4. The molecule has 152 valence electrons. The number of carbonyl (C=O) groups excluding carboxylic acids is 2. The van der Waals surface area contributed by atoms with Crippen molar-refractivity contribution >= 4 is 11.9 Å². The molecule has 0 saturated heterocycles. The molecule has 1 atom stereocenters. The van der Waals surface area contributed by atoms with E-state index in [0.717, 1.165) is 11.1 Å². The molecule has 0 aromatic heterocycles. The molecule has 0 spiro atoms. The van der Waals surface area contributed by atoms with Crippen LogP contribution in [0.25, 0.3) is 11.1 Å². The van der Waals surface area contributed by atoms with Crippen LogP contribution in [0.2, 0.25) is 0 Å². The fraction of sp³-hybridized carbons (Fsp3) is 0.304. The zero-order valence-electron chi connectivity index (χ0n) is 17.0. The summed E-state index contributed by atoms with van der Waals surface area (Å²) in [6, 6.07) is 15.2. The van der Waals surface area contributed by atoms with Crippen LogP contribution >= 0.6 is 0 Å². The van der Waals surface area contributed by atoms with Crippen molar-refractivity contribution in [2.45, 2.75) is 45.8 Å². The standard InChI is InChI=1S/C23H25NO5/c1-13(2)27-22(25)19-17-12-16(15-8-6-5-7-9-15)10-11-18(17)29-21(24)20(19)23(26)28-14(3)4/h5-14,19H,24H2,1-4H3. The second-order valence-corrected chi connectivity index (χ2v) is 7.37. The van der Waals surface area contributed by atoms with Crippen LogP contribution in [-0.4, -0.2) is 24.1 Å². The molecule has 29 heavy (non-hydrogen) atoms. The van der Waals surface area contributed by atoms with Gasteiger partial charge in [0.2, 0.25) is 5.88 Å². The molecule has 1 unspecified atom stereocenters. The number of benzene rings is 2. The van der Waals surface area contributed by atoms with Gasteiger partial charge in [-0.05, 0) is 51.0 Å². The minimum Gasteiger partial charge on any atom is -0.462 e. The van der Waals surface area contributed by atoms with E-state index < -0.39 is 17.9 Å². The Kier molecular flexibility index (Phi) is 5.92. The van der Waals surface area contributed by atoms with Crippen LogP contribution < -0.4 is 10.5 Å². The largest absolute Gasteiger partial charge is 0.462 e. The fourth-order valence-electron chi connectivity index (χ4n) is 3.19. The number of hydrogen-bond donors (Lipinski definition) is 1. The van der Waals surface area contributed by atoms with Gasteiger partial charge in [0.15, 0.2) is 0 Å². The van der Waals surface area contributed by atoms with Gasteiger partial charge in [-0.3, -0.25) is 4.79 Å². The Morgan fingerprint density at radius 1 is 0.931 bits per heavy atom. The summed E-state index contributed by atoms with van der Waals surface area (Å²) in [5.74, 6) is -2.04. The Morgan fingerprint density at radius 3 is 2.21 bits per heavy atom. The molecular weight excluding hydrogens is 370 g/mol. The van der Waals surface area contributed by atoms with E-state index in [1.807, 2.05) is 42.5 Å². The van der Waals surface area contributed by atoms with Crippen molar-refractivity contribution in [3.05, 3.63) is 65.6 Å². The number of hydrogen-bond acceptors (Lipinski definition) is 6. The summed E-state index contributed by atoms with van der Waals surface area (Å²) in [4.78, 5) is 25.7. The molecule has 1 aliphatic rings. The van der Waals surface area contributed by atoms with Gasteiger partial charge in [-0.15, -0.1) is 0 Å². The van der Waals surface area contributed by atoms with Gasteiger partial charge in [-0.2, -0.15) is 0 Å². The van der Waals surface area contributed by atoms with Gasteiger partial charge in [0, 0.05) is 5.56 Å². The van der Waals surface area contributed by atoms with Crippen molar-refractivity contribution in [2.24, 2.45) is 5.73 Å². The molecule has 0 aliphatic carbocycles. The number of carbonyl (C=O) groups is 2. The molecule has 1 aliphatic heterocycles. The third-order valence-electron chi connectivity index (χ3n) is 4.35. The van der Waals surface area contributed by atoms with Crippen molar-refractivity contribution < 1.29 is 23.8 Å². The lowest BCUT2D eigenvalue weighted by Crippen LogP contribution is -2.33. The molecule has 3 rings (SSSR count). The SMILES string of the molecule is CC(C)OC(=O)C1=C(N)Oc2ccc(-c3ccccc3)cc2C1C(=O)OC(C)C. The van der Waals surface area contributed by atoms with E-state index in [4.69, 9.17) is 19.9 Å². The first-order chi connectivity index (χ1) is 13.8. The average Bonchev–Trinajstić information content (AvgIpc) is 2.66. The molecule has 0 fully saturated rings. The quantitative estimate of drug-likeness (QED) is 0.773. The fourth-order valence-corrected chi connectivity index (χ4v) is 3.19. The number of nitrogens with two attached hydrogens (primary N) is 1. The second-order valence-electron chi connectivity index (χ2n) is 7.37. The van der Waals surface area contributed by atoms with E-state index in [0.29, 0.717) is 11.3 Å². The van der Waals surface area contributed by atoms with Gasteiger partial charge in [-0.1, -0.05) is 36.4 Å². The van der Waals surface area contributed by atoms with Gasteiger partial charge in [0.25, 0.3) is 0 Å². The predicted octanol–water partition coefficient (Wildman–Crippen LogP) is 3.90. The molecule has 2 aromatic rings. The third-order valence-corrected chi connectivity index (χ3v) is 4.35. The van der Waals surface area contributed by atoms with E-state index in [1.165, 1.54) is 0 Å². The summed E-state index contributed by atoms with van der Waals surface area (Å²) >= 11 is 0. The van der Waals surface area contributed by atoms with E-state index in [9.17, 15) is 9.59 Å². The Labute approximate surface area is 170 Å². The first kappa shape index (κ1) is 20.5. The van der Waals surface area contributed by atoms with Crippen LogP contribution in [0.4, 0.5) is 0 Å². The molecule has 0 bridgehead atoms. The lowest BCUT2D eigenvalue weighted by Gasteiger charge is -2.28. The average molecular weight is 395 g/mol. The topological polar surface area (TPSA) is 87.9 Å². The van der Waals surface area contributed by atoms with E-state index >= 15 is 0 Å². The normalized spacial score (nSPS) is 15.7. The lowest BCUT2D eigenvalue weighted by atomic mass is 9.86. The zero-order valence-corrected chi connectivity index (χ0v) is 17.0. The molecule has 0 radical (unpaired) electrons. The molecule has 2 aromatic carbocycles. The highest BCUT2D eigenvalue weighted by atomic mass is 16.6. The van der Waals surface area contributed by atoms with Gasteiger partial charge in [0.05, 0.1) is 12.2 Å². The van der Waals surface area contributed by atoms with E-state index in [-0.39, 0.29) is 23.7 Å². The van der Waals surface area contributed by atoms with Crippen LogP contribution in [0.1, 0.15) is 39.2 Å². The molecule has 6 heteroatoms. The van der Waals surface area contributed by atoms with Crippen LogP contribution in [0.15, 0.2) is 60.0 Å². The Morgan fingerprint density at radius 2 is 1.59 bits per heavy atom. The summed E-state index contributed by atoms with van der Waals surface area (Å²) in [6.45, 7) is 6.94. The summed E-state index contributed by atoms with van der Waals surface area (Å²) in [5.41, 5.74) is 8.36. The third kappa shape index (κ3) is 4.42. The van der Waals surface area contributed by atoms with Gasteiger partial charge in [-0.25, -0.2) is 4.79 Å². The zero-order chi connectivity index (χ0) is 21.1.